The molecule has 1 aliphatic heterocycles. The molecule has 248 valence electrons. The molecule has 0 amide bonds. The first-order valence-electron chi connectivity index (χ1n) is 15.3. The SMILES string of the molecule is CC(C)c1nc(N(C)S(C)(=O)=O)nc(-c2ccc(F)cc2)c1C=C[C@@H]1C[C@H](C(C)(C(=O)O)C(C)Cc2ccccc2)OC(C)(C)O1. The number of carbonyl (C=O) groups is 1. The number of carboxylic acids is 1. The van der Waals surface area contributed by atoms with Gasteiger partial charge in [0, 0.05) is 24.6 Å². The number of rotatable bonds is 11. The Morgan fingerprint density at radius 3 is 2.30 bits per heavy atom. The molecule has 1 aliphatic rings. The second kappa shape index (κ2) is 13.6. The van der Waals surface area contributed by atoms with Gasteiger partial charge in [-0.15, -0.1) is 0 Å². The average Bonchev–Trinajstić information content (AvgIpc) is 2.98. The van der Waals surface area contributed by atoms with E-state index in [1.807, 2.05) is 63.3 Å². The van der Waals surface area contributed by atoms with Gasteiger partial charge in [-0.05, 0) is 68.9 Å². The van der Waals surface area contributed by atoms with Crippen LogP contribution in [-0.4, -0.2) is 60.8 Å². The molecule has 9 nitrogen and oxygen atoms in total. The van der Waals surface area contributed by atoms with Crippen LogP contribution in [0, 0.1) is 17.2 Å². The van der Waals surface area contributed by atoms with Crippen LogP contribution in [-0.2, 0) is 30.7 Å². The number of sulfonamides is 1. The van der Waals surface area contributed by atoms with E-state index in [9.17, 15) is 22.7 Å². The second-order valence-corrected chi connectivity index (χ2v) is 15.0. The maximum atomic E-state index is 13.9. The van der Waals surface area contributed by atoms with Crippen molar-refractivity contribution >= 4 is 28.0 Å². The lowest BCUT2D eigenvalue weighted by Crippen LogP contribution is -2.55. The summed E-state index contributed by atoms with van der Waals surface area (Å²) in [6.07, 6.45) is 4.38. The molecule has 2 heterocycles. The van der Waals surface area contributed by atoms with Gasteiger partial charge in [0.25, 0.3) is 0 Å². The zero-order valence-corrected chi connectivity index (χ0v) is 28.5. The van der Waals surface area contributed by atoms with Crippen molar-refractivity contribution in [2.45, 2.75) is 78.3 Å². The first kappa shape index (κ1) is 35.2. The molecule has 0 bridgehead atoms. The van der Waals surface area contributed by atoms with Crippen molar-refractivity contribution < 1.29 is 32.2 Å². The van der Waals surface area contributed by atoms with Gasteiger partial charge in [-0.3, -0.25) is 4.79 Å². The Labute approximate surface area is 271 Å². The summed E-state index contributed by atoms with van der Waals surface area (Å²) in [6.45, 7) is 11.1. The van der Waals surface area contributed by atoms with E-state index in [1.165, 1.54) is 19.2 Å². The van der Waals surface area contributed by atoms with Crippen LogP contribution in [0.1, 0.15) is 70.7 Å². The standard InChI is InChI=1S/C35H44FN3O6S/c1-22(2)30-28(31(25-14-16-26(36)17-15-25)38-33(37-30)39(7)46(8,42)43)19-18-27-21-29(45-34(4,5)44-27)35(6,32(40)41)23(3)20-24-12-10-9-11-13-24/h9-19,22-23,27,29H,20-21H2,1-8H3,(H,40,41)/t23?,27-,29-,35?/m1/s1. The molecule has 3 aromatic rings. The Kier molecular flexibility index (Phi) is 10.4. The highest BCUT2D eigenvalue weighted by Gasteiger charge is 2.51. The lowest BCUT2D eigenvalue weighted by molar-refractivity contribution is -0.310. The normalized spacial score (nSPS) is 20.4. The first-order chi connectivity index (χ1) is 21.4. The summed E-state index contributed by atoms with van der Waals surface area (Å²) in [5, 5.41) is 10.6. The van der Waals surface area contributed by atoms with Crippen molar-refractivity contribution in [2.24, 2.45) is 11.3 Å². The minimum atomic E-state index is -3.67. The molecule has 2 aromatic carbocycles. The van der Waals surface area contributed by atoms with E-state index in [0.717, 1.165) is 16.1 Å². The molecular weight excluding hydrogens is 609 g/mol. The van der Waals surface area contributed by atoms with E-state index >= 15 is 0 Å². The molecule has 46 heavy (non-hydrogen) atoms. The number of aliphatic carboxylic acids is 1. The highest BCUT2D eigenvalue weighted by Crippen LogP contribution is 2.43. The molecule has 0 spiro atoms. The Morgan fingerprint density at radius 1 is 1.11 bits per heavy atom. The van der Waals surface area contributed by atoms with Gasteiger partial charge in [-0.1, -0.05) is 63.3 Å². The summed E-state index contributed by atoms with van der Waals surface area (Å²) in [5.41, 5.74) is 2.03. The van der Waals surface area contributed by atoms with Crippen LogP contribution in [0.25, 0.3) is 17.3 Å². The molecular formula is C35H44FN3O6S. The van der Waals surface area contributed by atoms with Crippen molar-refractivity contribution in [2.75, 3.05) is 17.6 Å². The van der Waals surface area contributed by atoms with Gasteiger partial charge in [0.2, 0.25) is 16.0 Å². The molecule has 0 radical (unpaired) electrons. The van der Waals surface area contributed by atoms with Gasteiger partial charge in [0.1, 0.15) is 5.82 Å². The lowest BCUT2D eigenvalue weighted by Gasteiger charge is -2.47. The number of aromatic nitrogens is 2. The van der Waals surface area contributed by atoms with Crippen molar-refractivity contribution in [3.63, 3.8) is 0 Å². The number of carboxylic acid groups (broad SMARTS) is 1. The molecule has 4 atom stereocenters. The molecule has 11 heteroatoms. The number of halogens is 1. The molecule has 0 aliphatic carbocycles. The fourth-order valence-electron chi connectivity index (χ4n) is 5.77. The van der Waals surface area contributed by atoms with Gasteiger partial charge < -0.3 is 14.6 Å². The highest BCUT2D eigenvalue weighted by molar-refractivity contribution is 7.92. The third-order valence-corrected chi connectivity index (χ3v) is 9.89. The molecule has 1 aromatic heterocycles. The fraction of sp³-hybridized carbons (Fsp3) is 0.457. The third-order valence-electron chi connectivity index (χ3n) is 8.73. The summed E-state index contributed by atoms with van der Waals surface area (Å²) < 4.78 is 52.3. The Morgan fingerprint density at radius 2 is 1.74 bits per heavy atom. The number of ether oxygens (including phenoxy) is 2. The Bertz CT molecular complexity index is 1680. The largest absolute Gasteiger partial charge is 0.481 e. The first-order valence-corrected chi connectivity index (χ1v) is 17.2. The maximum absolute atomic E-state index is 13.9. The predicted octanol–water partition coefficient (Wildman–Crippen LogP) is 6.70. The summed E-state index contributed by atoms with van der Waals surface area (Å²) in [5.74, 6) is -2.85. The Hall–Kier alpha value is -3.67. The average molecular weight is 654 g/mol. The minimum absolute atomic E-state index is 0.00387. The summed E-state index contributed by atoms with van der Waals surface area (Å²) in [4.78, 5) is 22.2. The lowest BCUT2D eigenvalue weighted by atomic mass is 9.69. The van der Waals surface area contributed by atoms with E-state index in [4.69, 9.17) is 9.47 Å². The van der Waals surface area contributed by atoms with Gasteiger partial charge in [-0.2, -0.15) is 0 Å². The van der Waals surface area contributed by atoms with Crippen molar-refractivity contribution in [3.8, 4) is 11.3 Å². The molecule has 1 fully saturated rings. The molecule has 1 saturated heterocycles. The van der Waals surface area contributed by atoms with E-state index in [0.29, 0.717) is 28.9 Å². The van der Waals surface area contributed by atoms with E-state index < -0.39 is 45.2 Å². The summed E-state index contributed by atoms with van der Waals surface area (Å²) in [6, 6.07) is 15.6. The molecule has 2 unspecified atom stereocenters. The van der Waals surface area contributed by atoms with Gasteiger partial charge in [0.05, 0.1) is 35.3 Å². The van der Waals surface area contributed by atoms with E-state index in [2.05, 4.69) is 9.97 Å². The predicted molar refractivity (Wildman–Crippen MR) is 177 cm³/mol. The zero-order chi connectivity index (χ0) is 34.0. The van der Waals surface area contributed by atoms with Crippen LogP contribution in [0.2, 0.25) is 0 Å². The van der Waals surface area contributed by atoms with Gasteiger partial charge >= 0.3 is 5.97 Å². The number of hydrogen-bond donors (Lipinski definition) is 1. The van der Waals surface area contributed by atoms with Gasteiger partial charge in [-0.25, -0.2) is 27.1 Å². The number of anilines is 1. The zero-order valence-electron chi connectivity index (χ0n) is 27.7. The quantitative estimate of drug-likeness (QED) is 0.243. The smallest absolute Gasteiger partial charge is 0.312 e. The van der Waals surface area contributed by atoms with Crippen LogP contribution in [0.3, 0.4) is 0 Å². The van der Waals surface area contributed by atoms with Crippen LogP contribution >= 0.6 is 0 Å². The molecule has 1 N–H and O–H groups in total. The molecule has 0 saturated carbocycles. The maximum Gasteiger partial charge on any atom is 0.312 e. The number of benzene rings is 2. The van der Waals surface area contributed by atoms with Crippen LogP contribution in [0.4, 0.5) is 10.3 Å². The van der Waals surface area contributed by atoms with E-state index in [-0.39, 0.29) is 24.2 Å². The summed E-state index contributed by atoms with van der Waals surface area (Å²) >= 11 is 0. The minimum Gasteiger partial charge on any atom is -0.481 e. The van der Waals surface area contributed by atoms with Crippen LogP contribution in [0.15, 0.2) is 60.7 Å². The molecule has 4 rings (SSSR count). The highest BCUT2D eigenvalue weighted by atomic mass is 32.2. The van der Waals surface area contributed by atoms with Crippen molar-refractivity contribution in [1.82, 2.24) is 9.97 Å². The van der Waals surface area contributed by atoms with Crippen molar-refractivity contribution in [1.29, 1.82) is 0 Å². The third kappa shape index (κ3) is 7.82. The topological polar surface area (TPSA) is 119 Å². The van der Waals surface area contributed by atoms with Crippen LogP contribution in [0.5, 0.6) is 0 Å². The van der Waals surface area contributed by atoms with Crippen LogP contribution < -0.4 is 4.31 Å². The second-order valence-electron chi connectivity index (χ2n) is 13.0. The Balaban J connectivity index is 1.77. The van der Waals surface area contributed by atoms with Crippen molar-refractivity contribution in [3.05, 3.63) is 83.3 Å². The van der Waals surface area contributed by atoms with E-state index in [1.54, 1.807) is 32.9 Å². The summed E-state index contributed by atoms with van der Waals surface area (Å²) in [7, 11) is -2.28. The fourth-order valence-corrected chi connectivity index (χ4v) is 6.15. The van der Waals surface area contributed by atoms with Gasteiger partial charge in [0.15, 0.2) is 5.79 Å². The monoisotopic (exact) mass is 653 g/mol. The number of nitrogens with zero attached hydrogens (tertiary/aromatic N) is 3. The number of hydrogen-bond acceptors (Lipinski definition) is 7.